The number of benzene rings is 2. The first-order valence-corrected chi connectivity index (χ1v) is 9.20. The lowest BCUT2D eigenvalue weighted by molar-refractivity contribution is 0.262. The Bertz CT molecular complexity index is 1140. The van der Waals surface area contributed by atoms with Crippen LogP contribution in [-0.4, -0.2) is 16.0 Å². The molecule has 0 radical (unpaired) electrons. The summed E-state index contributed by atoms with van der Waals surface area (Å²) < 4.78 is 5.40. The Labute approximate surface area is 168 Å². The molecule has 6 heteroatoms. The van der Waals surface area contributed by atoms with E-state index in [1.807, 2.05) is 43.3 Å². The number of hydrogen-bond acceptors (Lipinski definition) is 4. The molecule has 0 unspecified atom stereocenters. The molecule has 144 valence electrons. The summed E-state index contributed by atoms with van der Waals surface area (Å²) in [7, 11) is 0. The third-order valence-corrected chi connectivity index (χ3v) is 4.66. The van der Waals surface area contributed by atoms with Crippen molar-refractivity contribution in [3.8, 4) is 22.5 Å². The van der Waals surface area contributed by atoms with E-state index in [1.54, 1.807) is 18.5 Å². The van der Waals surface area contributed by atoms with Gasteiger partial charge in [-0.05, 0) is 60.9 Å². The Hall–Kier alpha value is -3.93. The van der Waals surface area contributed by atoms with Crippen LogP contribution in [0.3, 0.4) is 0 Å². The molecule has 2 N–H and O–H groups in total. The molecule has 4 aromatic rings. The van der Waals surface area contributed by atoms with Crippen LogP contribution in [0.5, 0.6) is 0 Å². The van der Waals surface area contributed by atoms with Crippen molar-refractivity contribution in [1.82, 2.24) is 9.97 Å². The fraction of sp³-hybridized carbons (Fsp3) is 0.0870. The summed E-state index contributed by atoms with van der Waals surface area (Å²) in [6, 6.07) is 17.2. The third-order valence-electron chi connectivity index (χ3n) is 4.66. The van der Waals surface area contributed by atoms with Gasteiger partial charge in [-0.25, -0.2) is 9.78 Å². The number of pyridine rings is 1. The van der Waals surface area contributed by atoms with Gasteiger partial charge >= 0.3 is 6.03 Å². The molecule has 2 amide bonds. The number of rotatable bonds is 4. The number of carbonyl (C=O) groups excluding carboxylic acids is 1. The van der Waals surface area contributed by atoms with E-state index in [9.17, 15) is 4.79 Å². The second-order valence-corrected chi connectivity index (χ2v) is 6.69. The van der Waals surface area contributed by atoms with Gasteiger partial charge in [0, 0.05) is 17.4 Å². The van der Waals surface area contributed by atoms with Crippen molar-refractivity contribution in [3.05, 3.63) is 84.6 Å². The van der Waals surface area contributed by atoms with Gasteiger partial charge in [-0.1, -0.05) is 24.3 Å². The van der Waals surface area contributed by atoms with Crippen LogP contribution in [0.2, 0.25) is 0 Å². The monoisotopic (exact) mass is 384 g/mol. The number of nitrogens with zero attached hydrogens (tertiary/aromatic N) is 2. The maximum absolute atomic E-state index is 12.3. The number of oxazole rings is 1. The number of amides is 2. The molecule has 2 heterocycles. The summed E-state index contributed by atoms with van der Waals surface area (Å²) in [6.45, 7) is 3.91. The smallest absolute Gasteiger partial charge is 0.323 e. The molecule has 0 atom stereocenters. The van der Waals surface area contributed by atoms with Crippen LogP contribution in [0.15, 0.2) is 77.8 Å². The maximum Gasteiger partial charge on any atom is 0.323 e. The normalized spacial score (nSPS) is 10.6. The second kappa shape index (κ2) is 7.98. The summed E-state index contributed by atoms with van der Waals surface area (Å²) in [5.74, 6) is 0.729. The van der Waals surface area contributed by atoms with E-state index in [1.165, 1.54) is 6.39 Å². The fourth-order valence-corrected chi connectivity index (χ4v) is 3.08. The van der Waals surface area contributed by atoms with Gasteiger partial charge in [0.25, 0.3) is 0 Å². The quantitative estimate of drug-likeness (QED) is 0.475. The molecule has 4 rings (SSSR count). The average molecular weight is 384 g/mol. The summed E-state index contributed by atoms with van der Waals surface area (Å²) in [5.41, 5.74) is 6.42. The van der Waals surface area contributed by atoms with Crippen molar-refractivity contribution in [3.63, 3.8) is 0 Å². The topological polar surface area (TPSA) is 80.0 Å². The van der Waals surface area contributed by atoms with E-state index in [0.717, 1.165) is 33.7 Å². The van der Waals surface area contributed by atoms with Crippen LogP contribution in [0.1, 0.15) is 11.3 Å². The molecule has 0 aliphatic carbocycles. The van der Waals surface area contributed by atoms with Gasteiger partial charge in [-0.15, -0.1) is 0 Å². The van der Waals surface area contributed by atoms with E-state index in [4.69, 9.17) is 4.42 Å². The summed E-state index contributed by atoms with van der Waals surface area (Å²) in [6.07, 6.45) is 4.81. The van der Waals surface area contributed by atoms with Crippen molar-refractivity contribution in [2.24, 2.45) is 0 Å². The molecular weight excluding hydrogens is 364 g/mol. The Kier molecular flexibility index (Phi) is 5.07. The first-order valence-electron chi connectivity index (χ1n) is 9.20. The van der Waals surface area contributed by atoms with Crippen molar-refractivity contribution in [2.45, 2.75) is 13.8 Å². The van der Waals surface area contributed by atoms with E-state index in [0.29, 0.717) is 11.4 Å². The Morgan fingerprint density at radius 3 is 2.48 bits per heavy atom. The van der Waals surface area contributed by atoms with Gasteiger partial charge in [0.2, 0.25) is 0 Å². The number of carbonyl (C=O) groups is 1. The maximum atomic E-state index is 12.3. The number of aryl methyl sites for hydroxylation is 2. The van der Waals surface area contributed by atoms with Crippen molar-refractivity contribution >= 4 is 17.4 Å². The van der Waals surface area contributed by atoms with Crippen LogP contribution in [0.25, 0.3) is 22.5 Å². The molecule has 6 nitrogen and oxygen atoms in total. The molecule has 2 aromatic heterocycles. The molecule has 0 aliphatic rings. The minimum absolute atomic E-state index is 0.308. The van der Waals surface area contributed by atoms with Crippen molar-refractivity contribution in [1.29, 1.82) is 0 Å². The van der Waals surface area contributed by atoms with E-state index in [2.05, 4.69) is 39.7 Å². The fourth-order valence-electron chi connectivity index (χ4n) is 3.08. The van der Waals surface area contributed by atoms with Gasteiger partial charge in [0.05, 0.1) is 17.6 Å². The van der Waals surface area contributed by atoms with E-state index in [-0.39, 0.29) is 6.03 Å². The van der Waals surface area contributed by atoms with Gasteiger partial charge in [0.15, 0.2) is 12.2 Å². The van der Waals surface area contributed by atoms with Crippen LogP contribution in [0.4, 0.5) is 16.2 Å². The zero-order chi connectivity index (χ0) is 20.2. The van der Waals surface area contributed by atoms with Crippen LogP contribution in [-0.2, 0) is 0 Å². The van der Waals surface area contributed by atoms with Gasteiger partial charge < -0.3 is 15.1 Å². The standard InChI is InChI=1S/C23H20N4O2/c1-15-5-6-18(22-13-24-14-29-22)12-20(15)17-7-9-19(10-8-17)26-23(28)27-21-4-3-11-25-16(21)2/h3-14H,1-2H3,(H2,26,27,28). The highest BCUT2D eigenvalue weighted by Gasteiger charge is 2.09. The van der Waals surface area contributed by atoms with E-state index >= 15 is 0 Å². The van der Waals surface area contributed by atoms with Crippen molar-refractivity contribution < 1.29 is 9.21 Å². The number of aromatic nitrogens is 2. The summed E-state index contributed by atoms with van der Waals surface area (Å²) >= 11 is 0. The van der Waals surface area contributed by atoms with Crippen LogP contribution >= 0.6 is 0 Å². The first kappa shape index (κ1) is 18.4. The molecule has 0 spiro atoms. The van der Waals surface area contributed by atoms with Gasteiger partial charge in [-0.2, -0.15) is 0 Å². The van der Waals surface area contributed by atoms with E-state index < -0.39 is 0 Å². The van der Waals surface area contributed by atoms with Crippen LogP contribution in [0, 0.1) is 13.8 Å². The van der Waals surface area contributed by atoms with Crippen molar-refractivity contribution in [2.75, 3.05) is 10.6 Å². The highest BCUT2D eigenvalue weighted by atomic mass is 16.3. The summed E-state index contributed by atoms with van der Waals surface area (Å²) in [4.78, 5) is 20.4. The number of urea groups is 1. The number of anilines is 2. The predicted molar refractivity (Wildman–Crippen MR) is 114 cm³/mol. The molecule has 0 fully saturated rings. The molecule has 29 heavy (non-hydrogen) atoms. The molecule has 0 saturated carbocycles. The molecule has 0 aliphatic heterocycles. The van der Waals surface area contributed by atoms with Gasteiger partial charge in [0.1, 0.15) is 0 Å². The Morgan fingerprint density at radius 2 is 1.76 bits per heavy atom. The minimum atomic E-state index is -0.308. The molecule has 0 bridgehead atoms. The Morgan fingerprint density at radius 1 is 0.966 bits per heavy atom. The minimum Gasteiger partial charge on any atom is -0.444 e. The zero-order valence-corrected chi connectivity index (χ0v) is 16.1. The lowest BCUT2D eigenvalue weighted by Gasteiger charge is -2.11. The Balaban J connectivity index is 1.50. The zero-order valence-electron chi connectivity index (χ0n) is 16.1. The SMILES string of the molecule is Cc1ccc(-c2cnco2)cc1-c1ccc(NC(=O)Nc2cccnc2C)cc1. The number of nitrogens with one attached hydrogen (secondary N) is 2. The summed E-state index contributed by atoms with van der Waals surface area (Å²) in [5, 5.41) is 5.65. The average Bonchev–Trinajstić information content (AvgIpc) is 3.26. The highest BCUT2D eigenvalue weighted by Crippen LogP contribution is 2.30. The van der Waals surface area contributed by atoms with Crippen LogP contribution < -0.4 is 10.6 Å². The largest absolute Gasteiger partial charge is 0.444 e. The predicted octanol–water partition coefficient (Wildman–Crippen LogP) is 5.66. The number of hydrogen-bond donors (Lipinski definition) is 2. The molecular formula is C23H20N4O2. The third kappa shape index (κ3) is 4.16. The lowest BCUT2D eigenvalue weighted by Crippen LogP contribution is -2.20. The first-order chi connectivity index (χ1) is 14.1. The molecule has 2 aromatic carbocycles. The van der Waals surface area contributed by atoms with Gasteiger partial charge in [-0.3, -0.25) is 4.98 Å². The lowest BCUT2D eigenvalue weighted by atomic mass is 9.97. The second-order valence-electron chi connectivity index (χ2n) is 6.69. The highest BCUT2D eigenvalue weighted by molar-refractivity contribution is 6.00. The molecule has 0 saturated heterocycles.